The van der Waals surface area contributed by atoms with Gasteiger partial charge in [-0.05, 0) is 55.5 Å². The third-order valence-electron chi connectivity index (χ3n) is 4.66. The van der Waals surface area contributed by atoms with Gasteiger partial charge in [0.25, 0.3) is 0 Å². The zero-order chi connectivity index (χ0) is 17.5. The Morgan fingerprint density at radius 2 is 1.84 bits per heavy atom. The molecule has 1 aliphatic rings. The van der Waals surface area contributed by atoms with Crippen LogP contribution in [0.4, 0.5) is 17.1 Å². The van der Waals surface area contributed by atoms with Crippen molar-refractivity contribution < 1.29 is 4.79 Å². The largest absolute Gasteiger partial charge is 0.374 e. The van der Waals surface area contributed by atoms with Gasteiger partial charge >= 0.3 is 0 Å². The Morgan fingerprint density at radius 1 is 1.04 bits per heavy atom. The molecule has 0 bridgehead atoms. The zero-order valence-electron chi connectivity index (χ0n) is 14.9. The Labute approximate surface area is 150 Å². The standard InChI is InChI=1S/C21H27N3O/c1-2-17-9-8-10-18(15-17)23-21(25)16-22-19-11-4-5-12-20(19)24-13-6-3-7-14-24/h4-5,8-12,15,22H,2-3,6-7,13-14,16H2,1H3,(H,23,25). The molecule has 1 saturated heterocycles. The lowest BCUT2D eigenvalue weighted by molar-refractivity contribution is -0.114. The van der Waals surface area contributed by atoms with Crippen molar-refractivity contribution in [3.63, 3.8) is 0 Å². The minimum absolute atomic E-state index is 0.0262. The first-order valence-electron chi connectivity index (χ1n) is 9.23. The average molecular weight is 337 g/mol. The molecule has 1 aliphatic heterocycles. The fourth-order valence-electron chi connectivity index (χ4n) is 3.28. The molecule has 4 nitrogen and oxygen atoms in total. The monoisotopic (exact) mass is 337 g/mol. The summed E-state index contributed by atoms with van der Waals surface area (Å²) in [6.07, 6.45) is 4.75. The third-order valence-corrected chi connectivity index (χ3v) is 4.66. The maximum atomic E-state index is 12.3. The first-order chi connectivity index (χ1) is 12.3. The summed E-state index contributed by atoms with van der Waals surface area (Å²) in [7, 11) is 0. The van der Waals surface area contributed by atoms with Gasteiger partial charge in [-0.25, -0.2) is 0 Å². The molecular formula is C21H27N3O. The highest BCUT2D eigenvalue weighted by atomic mass is 16.1. The van der Waals surface area contributed by atoms with Crippen LogP contribution in [0.2, 0.25) is 0 Å². The number of nitrogens with one attached hydrogen (secondary N) is 2. The summed E-state index contributed by atoms with van der Waals surface area (Å²) in [6, 6.07) is 16.3. The van der Waals surface area contributed by atoms with Crippen molar-refractivity contribution in [2.75, 3.05) is 35.2 Å². The number of piperidine rings is 1. The van der Waals surface area contributed by atoms with Crippen LogP contribution in [0, 0.1) is 0 Å². The molecule has 2 N–H and O–H groups in total. The van der Waals surface area contributed by atoms with Crippen molar-refractivity contribution in [1.82, 2.24) is 0 Å². The number of hydrogen-bond acceptors (Lipinski definition) is 3. The smallest absolute Gasteiger partial charge is 0.243 e. The van der Waals surface area contributed by atoms with E-state index < -0.39 is 0 Å². The first-order valence-corrected chi connectivity index (χ1v) is 9.23. The molecule has 1 fully saturated rings. The molecule has 2 aromatic carbocycles. The summed E-state index contributed by atoms with van der Waals surface area (Å²) in [5.74, 6) is -0.0262. The Balaban J connectivity index is 1.60. The second-order valence-electron chi connectivity index (χ2n) is 6.52. The van der Waals surface area contributed by atoms with E-state index in [4.69, 9.17) is 0 Å². The van der Waals surface area contributed by atoms with Crippen molar-refractivity contribution >= 4 is 23.0 Å². The van der Waals surface area contributed by atoms with E-state index in [0.29, 0.717) is 0 Å². The Bertz CT molecular complexity index is 708. The van der Waals surface area contributed by atoms with Gasteiger partial charge < -0.3 is 15.5 Å². The number of rotatable bonds is 6. The van der Waals surface area contributed by atoms with Gasteiger partial charge in [-0.1, -0.05) is 31.2 Å². The second-order valence-corrected chi connectivity index (χ2v) is 6.52. The summed E-state index contributed by atoms with van der Waals surface area (Å²) >= 11 is 0. The summed E-state index contributed by atoms with van der Waals surface area (Å²) in [5.41, 5.74) is 4.31. The van der Waals surface area contributed by atoms with Gasteiger partial charge in [-0.15, -0.1) is 0 Å². The van der Waals surface area contributed by atoms with E-state index in [1.807, 2.05) is 24.3 Å². The lowest BCUT2D eigenvalue weighted by Gasteiger charge is -2.30. The highest BCUT2D eigenvalue weighted by Gasteiger charge is 2.14. The number of hydrogen-bond donors (Lipinski definition) is 2. The highest BCUT2D eigenvalue weighted by molar-refractivity contribution is 5.94. The maximum absolute atomic E-state index is 12.3. The van der Waals surface area contributed by atoms with Gasteiger partial charge in [0.2, 0.25) is 5.91 Å². The number of anilines is 3. The van der Waals surface area contributed by atoms with Gasteiger partial charge in [-0.2, -0.15) is 0 Å². The lowest BCUT2D eigenvalue weighted by Crippen LogP contribution is -2.30. The highest BCUT2D eigenvalue weighted by Crippen LogP contribution is 2.28. The predicted octanol–water partition coefficient (Wildman–Crippen LogP) is 4.29. The number of benzene rings is 2. The third kappa shape index (κ3) is 4.75. The normalized spacial score (nSPS) is 14.2. The number of carbonyl (C=O) groups excluding carboxylic acids is 1. The fraction of sp³-hybridized carbons (Fsp3) is 0.381. The van der Waals surface area contributed by atoms with Gasteiger partial charge in [-0.3, -0.25) is 4.79 Å². The van der Waals surface area contributed by atoms with Crippen LogP contribution in [-0.4, -0.2) is 25.5 Å². The predicted molar refractivity (Wildman–Crippen MR) is 105 cm³/mol. The molecule has 0 radical (unpaired) electrons. The van der Waals surface area contributed by atoms with Gasteiger partial charge in [0.1, 0.15) is 0 Å². The zero-order valence-corrected chi connectivity index (χ0v) is 14.9. The van der Waals surface area contributed by atoms with Gasteiger partial charge in [0, 0.05) is 18.8 Å². The molecule has 25 heavy (non-hydrogen) atoms. The van der Waals surface area contributed by atoms with E-state index in [-0.39, 0.29) is 12.5 Å². The Kier molecular flexibility index (Phi) is 5.94. The second kappa shape index (κ2) is 8.56. The summed E-state index contributed by atoms with van der Waals surface area (Å²) in [4.78, 5) is 14.7. The molecule has 4 heteroatoms. The van der Waals surface area contributed by atoms with Crippen molar-refractivity contribution in [3.05, 3.63) is 54.1 Å². The van der Waals surface area contributed by atoms with Crippen LogP contribution >= 0.6 is 0 Å². The molecule has 0 aromatic heterocycles. The minimum atomic E-state index is -0.0262. The van der Waals surface area contributed by atoms with Crippen molar-refractivity contribution in [2.45, 2.75) is 32.6 Å². The molecule has 132 valence electrons. The molecule has 0 atom stereocenters. The van der Waals surface area contributed by atoms with Crippen LogP contribution in [0.3, 0.4) is 0 Å². The lowest BCUT2D eigenvalue weighted by atomic mass is 10.1. The first kappa shape index (κ1) is 17.3. The Morgan fingerprint density at radius 3 is 2.64 bits per heavy atom. The number of para-hydroxylation sites is 2. The van der Waals surface area contributed by atoms with Crippen molar-refractivity contribution in [3.8, 4) is 0 Å². The van der Waals surface area contributed by atoms with Gasteiger partial charge in [0.05, 0.1) is 17.9 Å². The number of aryl methyl sites for hydroxylation is 1. The van der Waals surface area contributed by atoms with E-state index in [2.05, 4.69) is 46.7 Å². The molecule has 2 aromatic rings. The molecule has 0 aliphatic carbocycles. The van der Waals surface area contributed by atoms with E-state index >= 15 is 0 Å². The molecule has 0 spiro atoms. The summed E-state index contributed by atoms with van der Waals surface area (Å²) in [5, 5.41) is 6.28. The quantitative estimate of drug-likeness (QED) is 0.826. The fourth-order valence-corrected chi connectivity index (χ4v) is 3.28. The van der Waals surface area contributed by atoms with Crippen molar-refractivity contribution in [1.29, 1.82) is 0 Å². The van der Waals surface area contributed by atoms with Crippen LogP contribution in [0.1, 0.15) is 31.7 Å². The van der Waals surface area contributed by atoms with Gasteiger partial charge in [0.15, 0.2) is 0 Å². The van der Waals surface area contributed by atoms with E-state index in [9.17, 15) is 4.79 Å². The van der Waals surface area contributed by atoms with Crippen LogP contribution < -0.4 is 15.5 Å². The van der Waals surface area contributed by atoms with E-state index in [1.54, 1.807) is 0 Å². The van der Waals surface area contributed by atoms with Crippen molar-refractivity contribution in [2.24, 2.45) is 0 Å². The number of amides is 1. The van der Waals surface area contributed by atoms with E-state index in [1.165, 1.54) is 30.5 Å². The average Bonchev–Trinajstić information content (AvgIpc) is 2.67. The van der Waals surface area contributed by atoms with Crippen LogP contribution in [0.5, 0.6) is 0 Å². The SMILES string of the molecule is CCc1cccc(NC(=O)CNc2ccccc2N2CCCCC2)c1. The maximum Gasteiger partial charge on any atom is 0.243 e. The van der Waals surface area contributed by atoms with Crippen LogP contribution in [-0.2, 0) is 11.2 Å². The molecule has 0 saturated carbocycles. The molecule has 1 heterocycles. The minimum Gasteiger partial charge on any atom is -0.374 e. The molecular weight excluding hydrogens is 310 g/mol. The molecule has 1 amide bonds. The summed E-state index contributed by atoms with van der Waals surface area (Å²) in [6.45, 7) is 4.56. The van der Waals surface area contributed by atoms with E-state index in [0.717, 1.165) is 30.9 Å². The number of nitrogens with zero attached hydrogens (tertiary/aromatic N) is 1. The molecule has 0 unspecified atom stereocenters. The Hall–Kier alpha value is -2.49. The number of carbonyl (C=O) groups is 1. The summed E-state index contributed by atoms with van der Waals surface area (Å²) < 4.78 is 0. The molecule has 3 rings (SSSR count). The van der Waals surface area contributed by atoms with Crippen LogP contribution in [0.25, 0.3) is 0 Å². The topological polar surface area (TPSA) is 44.4 Å². The van der Waals surface area contributed by atoms with Crippen LogP contribution in [0.15, 0.2) is 48.5 Å².